The molecular weight excluding hydrogens is 398 g/mol. The van der Waals surface area contributed by atoms with Gasteiger partial charge in [-0.25, -0.2) is 0 Å². The molecule has 1 aliphatic rings. The van der Waals surface area contributed by atoms with Crippen molar-refractivity contribution in [3.63, 3.8) is 0 Å². The SMILES string of the molecule is O=c1[nH]c(=S)[nH]c2c1C(c1cccc(Br)c1)C=C(c1ccccc1)N2. The van der Waals surface area contributed by atoms with Crippen molar-refractivity contribution in [1.29, 1.82) is 0 Å². The highest BCUT2D eigenvalue weighted by Gasteiger charge is 2.26. The van der Waals surface area contributed by atoms with E-state index in [2.05, 4.69) is 37.3 Å². The zero-order valence-electron chi connectivity index (χ0n) is 13.0. The molecule has 0 fully saturated rings. The minimum absolute atomic E-state index is 0.181. The highest BCUT2D eigenvalue weighted by Crippen LogP contribution is 2.36. The third-order valence-corrected chi connectivity index (χ3v) is 4.87. The third kappa shape index (κ3) is 3.10. The topological polar surface area (TPSA) is 60.7 Å². The minimum Gasteiger partial charge on any atom is -0.341 e. The molecule has 0 saturated carbocycles. The summed E-state index contributed by atoms with van der Waals surface area (Å²) in [6, 6.07) is 18.0. The van der Waals surface area contributed by atoms with E-state index >= 15 is 0 Å². The highest BCUT2D eigenvalue weighted by molar-refractivity contribution is 9.10. The van der Waals surface area contributed by atoms with E-state index in [1.807, 2.05) is 54.6 Å². The summed E-state index contributed by atoms with van der Waals surface area (Å²) in [5.74, 6) is 0.458. The zero-order chi connectivity index (χ0) is 17.4. The Labute approximate surface area is 157 Å². The van der Waals surface area contributed by atoms with E-state index in [0.717, 1.165) is 21.3 Å². The normalized spacial score (nSPS) is 15.9. The summed E-state index contributed by atoms with van der Waals surface area (Å²) in [6.45, 7) is 0. The van der Waals surface area contributed by atoms with E-state index in [4.69, 9.17) is 12.2 Å². The molecule has 1 aromatic heterocycles. The van der Waals surface area contributed by atoms with Gasteiger partial charge in [0.05, 0.1) is 5.56 Å². The maximum atomic E-state index is 12.6. The molecular formula is C19H14BrN3OS. The lowest BCUT2D eigenvalue weighted by atomic mass is 9.88. The van der Waals surface area contributed by atoms with Crippen LogP contribution >= 0.6 is 28.1 Å². The first-order chi connectivity index (χ1) is 12.1. The molecule has 0 spiro atoms. The molecule has 4 rings (SSSR count). The van der Waals surface area contributed by atoms with Crippen molar-refractivity contribution in [2.75, 3.05) is 5.32 Å². The third-order valence-electron chi connectivity index (χ3n) is 4.18. The smallest absolute Gasteiger partial charge is 0.257 e. The van der Waals surface area contributed by atoms with Crippen molar-refractivity contribution < 1.29 is 0 Å². The van der Waals surface area contributed by atoms with Crippen LogP contribution in [-0.4, -0.2) is 9.97 Å². The Morgan fingerprint density at radius 2 is 1.80 bits per heavy atom. The average Bonchev–Trinajstić information content (AvgIpc) is 2.61. The molecule has 0 bridgehead atoms. The van der Waals surface area contributed by atoms with Gasteiger partial charge in [-0.3, -0.25) is 9.78 Å². The second-order valence-electron chi connectivity index (χ2n) is 5.80. The number of allylic oxidation sites excluding steroid dienone is 1. The van der Waals surface area contributed by atoms with Gasteiger partial charge >= 0.3 is 0 Å². The molecule has 0 amide bonds. The molecule has 4 nitrogen and oxygen atoms in total. The molecule has 25 heavy (non-hydrogen) atoms. The molecule has 1 aliphatic heterocycles. The number of aromatic amines is 2. The first kappa shape index (κ1) is 16.1. The monoisotopic (exact) mass is 411 g/mol. The van der Waals surface area contributed by atoms with Crippen LogP contribution in [0, 0.1) is 4.77 Å². The van der Waals surface area contributed by atoms with Gasteiger partial charge in [-0.05, 0) is 41.6 Å². The van der Waals surface area contributed by atoms with Gasteiger partial charge in [-0.1, -0.05) is 58.4 Å². The van der Waals surface area contributed by atoms with Crippen LogP contribution in [0.1, 0.15) is 22.6 Å². The molecule has 3 aromatic rings. The molecule has 1 unspecified atom stereocenters. The van der Waals surface area contributed by atoms with Crippen molar-refractivity contribution >= 4 is 39.7 Å². The first-order valence-electron chi connectivity index (χ1n) is 7.78. The van der Waals surface area contributed by atoms with E-state index in [1.165, 1.54) is 0 Å². The van der Waals surface area contributed by atoms with Crippen LogP contribution in [0.5, 0.6) is 0 Å². The Bertz CT molecular complexity index is 1090. The molecule has 0 aliphatic carbocycles. The fourth-order valence-corrected chi connectivity index (χ4v) is 3.68. The van der Waals surface area contributed by atoms with Crippen molar-refractivity contribution in [2.45, 2.75) is 5.92 Å². The van der Waals surface area contributed by atoms with Crippen LogP contribution in [0.15, 0.2) is 69.9 Å². The van der Waals surface area contributed by atoms with Crippen molar-refractivity contribution in [1.82, 2.24) is 9.97 Å². The van der Waals surface area contributed by atoms with Crippen LogP contribution in [0.2, 0.25) is 0 Å². The lowest BCUT2D eigenvalue weighted by Crippen LogP contribution is -2.24. The second kappa shape index (κ2) is 6.46. The standard InChI is InChI=1S/C19H14BrN3OS/c20-13-8-4-7-12(9-13)14-10-15(11-5-2-1-3-6-11)21-17-16(14)18(24)23-19(25)22-17/h1-10,14H,(H3,21,22,23,24,25). The molecule has 0 radical (unpaired) electrons. The predicted molar refractivity (Wildman–Crippen MR) is 106 cm³/mol. The van der Waals surface area contributed by atoms with E-state index in [-0.39, 0.29) is 11.5 Å². The summed E-state index contributed by atoms with van der Waals surface area (Å²) in [5, 5.41) is 3.32. The predicted octanol–water partition coefficient (Wildman–Crippen LogP) is 4.79. The summed E-state index contributed by atoms with van der Waals surface area (Å²) in [7, 11) is 0. The van der Waals surface area contributed by atoms with E-state index in [1.54, 1.807) is 0 Å². The van der Waals surface area contributed by atoms with Crippen LogP contribution < -0.4 is 10.9 Å². The van der Waals surface area contributed by atoms with Crippen LogP contribution in [0.3, 0.4) is 0 Å². The molecule has 2 heterocycles. The molecule has 3 N–H and O–H groups in total. The summed E-state index contributed by atoms with van der Waals surface area (Å²) >= 11 is 8.65. The van der Waals surface area contributed by atoms with E-state index in [0.29, 0.717) is 16.2 Å². The van der Waals surface area contributed by atoms with Crippen molar-refractivity contribution in [3.8, 4) is 0 Å². The number of hydrogen-bond donors (Lipinski definition) is 3. The highest BCUT2D eigenvalue weighted by atomic mass is 79.9. The van der Waals surface area contributed by atoms with Gasteiger partial charge in [-0.15, -0.1) is 0 Å². The molecule has 0 saturated heterocycles. The lowest BCUT2D eigenvalue weighted by molar-refractivity contribution is 0.930. The largest absolute Gasteiger partial charge is 0.341 e. The number of benzene rings is 2. The summed E-state index contributed by atoms with van der Waals surface area (Å²) in [6.07, 6.45) is 2.07. The molecule has 1 atom stereocenters. The number of fused-ring (bicyclic) bond motifs is 1. The lowest BCUT2D eigenvalue weighted by Gasteiger charge is -2.25. The Kier molecular flexibility index (Phi) is 4.15. The molecule has 124 valence electrons. The van der Waals surface area contributed by atoms with Crippen molar-refractivity contribution in [2.24, 2.45) is 0 Å². The van der Waals surface area contributed by atoms with Crippen LogP contribution in [0.4, 0.5) is 5.82 Å². The van der Waals surface area contributed by atoms with Gasteiger partial charge in [0.2, 0.25) is 0 Å². The number of aromatic nitrogens is 2. The van der Waals surface area contributed by atoms with Gasteiger partial charge in [0.15, 0.2) is 4.77 Å². The number of hydrogen-bond acceptors (Lipinski definition) is 3. The van der Waals surface area contributed by atoms with Gasteiger partial charge in [-0.2, -0.15) is 0 Å². The summed E-state index contributed by atoms with van der Waals surface area (Å²) in [5.41, 5.74) is 3.47. The number of anilines is 1. The van der Waals surface area contributed by atoms with E-state index < -0.39 is 0 Å². The Morgan fingerprint density at radius 1 is 1.00 bits per heavy atom. The molecule has 2 aromatic carbocycles. The second-order valence-corrected chi connectivity index (χ2v) is 7.12. The summed E-state index contributed by atoms with van der Waals surface area (Å²) < 4.78 is 1.28. The van der Waals surface area contributed by atoms with Crippen LogP contribution in [0.25, 0.3) is 5.70 Å². The van der Waals surface area contributed by atoms with Gasteiger partial charge in [0.1, 0.15) is 5.82 Å². The van der Waals surface area contributed by atoms with E-state index in [9.17, 15) is 4.79 Å². The summed E-state index contributed by atoms with van der Waals surface area (Å²) in [4.78, 5) is 18.3. The van der Waals surface area contributed by atoms with Gasteiger partial charge in [0.25, 0.3) is 5.56 Å². The minimum atomic E-state index is -0.181. The fourth-order valence-electron chi connectivity index (χ4n) is 3.07. The number of rotatable bonds is 2. The molecule has 6 heteroatoms. The Morgan fingerprint density at radius 3 is 2.56 bits per heavy atom. The van der Waals surface area contributed by atoms with Gasteiger partial charge < -0.3 is 10.3 Å². The van der Waals surface area contributed by atoms with Crippen LogP contribution in [-0.2, 0) is 0 Å². The first-order valence-corrected chi connectivity index (χ1v) is 8.98. The fraction of sp³-hybridized carbons (Fsp3) is 0.0526. The average molecular weight is 412 g/mol. The number of halogens is 1. The number of H-pyrrole nitrogens is 2. The quantitative estimate of drug-likeness (QED) is 0.531. The Hall–Kier alpha value is -2.44. The van der Waals surface area contributed by atoms with Gasteiger partial charge in [0, 0.05) is 16.1 Å². The Balaban J connectivity index is 1.95. The zero-order valence-corrected chi connectivity index (χ0v) is 15.4. The number of nitrogens with one attached hydrogen (secondary N) is 3. The maximum Gasteiger partial charge on any atom is 0.257 e. The maximum absolute atomic E-state index is 12.6. The van der Waals surface area contributed by atoms with Crippen molar-refractivity contribution in [3.05, 3.63) is 97.0 Å².